The molecule has 0 atom stereocenters. The van der Waals surface area contributed by atoms with Crippen LogP contribution in [-0.2, 0) is 22.5 Å². The van der Waals surface area contributed by atoms with E-state index in [0.717, 1.165) is 6.07 Å². The second-order valence-corrected chi connectivity index (χ2v) is 3.54. The van der Waals surface area contributed by atoms with Crippen molar-refractivity contribution in [1.82, 2.24) is 4.98 Å². The Hall–Kier alpha value is -1.76. The summed E-state index contributed by atoms with van der Waals surface area (Å²) >= 11 is 0. The Kier molecular flexibility index (Phi) is 4.96. The number of aromatic nitrogens is 1. The molecule has 0 bridgehead atoms. The molecule has 0 amide bonds. The van der Waals surface area contributed by atoms with Crippen molar-refractivity contribution in [3.8, 4) is 0 Å². The molecule has 3 N–H and O–H groups in total. The fourth-order valence-corrected chi connectivity index (χ4v) is 1.53. The molecule has 18 heavy (non-hydrogen) atoms. The third-order valence-corrected chi connectivity index (χ3v) is 2.31. The number of esters is 1. The van der Waals surface area contributed by atoms with E-state index in [0.29, 0.717) is 0 Å². The Labute approximate surface area is 102 Å². The van der Waals surface area contributed by atoms with Crippen LogP contribution in [0.5, 0.6) is 0 Å². The smallest absolute Gasteiger partial charge is 0.311 e. The largest absolute Gasteiger partial charge is 0.466 e. The highest BCUT2D eigenvalue weighted by Crippen LogP contribution is 2.21. The molecule has 1 heterocycles. The standard InChI is InChI=1S/C11H14F2N2O3/c1-2-18-9(16)4-6-3-7(10(12)13)8(5-14)11(17)15-6/h3,10H,2,4-5,14H2,1H3,(H,15,17). The zero-order chi connectivity index (χ0) is 13.7. The average molecular weight is 260 g/mol. The van der Waals surface area contributed by atoms with Crippen LogP contribution in [0.2, 0.25) is 0 Å². The van der Waals surface area contributed by atoms with Crippen LogP contribution in [0, 0.1) is 0 Å². The van der Waals surface area contributed by atoms with Crippen LogP contribution in [0.1, 0.15) is 30.2 Å². The van der Waals surface area contributed by atoms with Crippen LogP contribution in [0.4, 0.5) is 8.78 Å². The van der Waals surface area contributed by atoms with E-state index in [1.807, 2.05) is 0 Å². The molecule has 100 valence electrons. The Morgan fingerprint density at radius 1 is 1.56 bits per heavy atom. The number of carbonyl (C=O) groups excluding carboxylic acids is 1. The van der Waals surface area contributed by atoms with Crippen LogP contribution in [0.3, 0.4) is 0 Å². The molecule has 0 spiro atoms. The minimum Gasteiger partial charge on any atom is -0.466 e. The Bertz CT molecular complexity index is 486. The van der Waals surface area contributed by atoms with E-state index in [-0.39, 0.29) is 30.8 Å². The molecular weight excluding hydrogens is 246 g/mol. The average Bonchev–Trinajstić information content (AvgIpc) is 2.28. The van der Waals surface area contributed by atoms with Crippen LogP contribution >= 0.6 is 0 Å². The van der Waals surface area contributed by atoms with Crippen LogP contribution in [-0.4, -0.2) is 17.6 Å². The molecule has 1 aromatic heterocycles. The van der Waals surface area contributed by atoms with Crippen molar-refractivity contribution < 1.29 is 18.3 Å². The second-order valence-electron chi connectivity index (χ2n) is 3.54. The maximum Gasteiger partial charge on any atom is 0.311 e. The number of hydrogen-bond acceptors (Lipinski definition) is 4. The summed E-state index contributed by atoms with van der Waals surface area (Å²) in [6.07, 6.45) is -3.07. The molecule has 0 aliphatic rings. The zero-order valence-corrected chi connectivity index (χ0v) is 9.83. The van der Waals surface area contributed by atoms with Gasteiger partial charge in [-0.05, 0) is 13.0 Å². The highest BCUT2D eigenvalue weighted by atomic mass is 19.3. The van der Waals surface area contributed by atoms with Gasteiger partial charge in [-0.2, -0.15) is 0 Å². The van der Waals surface area contributed by atoms with Crippen LogP contribution in [0.15, 0.2) is 10.9 Å². The fraction of sp³-hybridized carbons (Fsp3) is 0.455. The maximum absolute atomic E-state index is 12.7. The molecule has 0 fully saturated rings. The van der Waals surface area contributed by atoms with Gasteiger partial charge in [-0.25, -0.2) is 8.78 Å². The molecular formula is C11H14F2N2O3. The summed E-state index contributed by atoms with van der Waals surface area (Å²) in [6.45, 7) is 1.53. The molecule has 1 aromatic rings. The van der Waals surface area contributed by atoms with Gasteiger partial charge >= 0.3 is 5.97 Å². The number of pyridine rings is 1. The highest BCUT2D eigenvalue weighted by Gasteiger charge is 2.17. The molecule has 7 heteroatoms. The van der Waals surface area contributed by atoms with Crippen molar-refractivity contribution in [2.75, 3.05) is 6.61 Å². The van der Waals surface area contributed by atoms with Gasteiger partial charge in [0.25, 0.3) is 12.0 Å². The van der Waals surface area contributed by atoms with Crippen molar-refractivity contribution in [2.45, 2.75) is 26.3 Å². The number of nitrogens with two attached hydrogens (primary N) is 1. The lowest BCUT2D eigenvalue weighted by Crippen LogP contribution is -2.22. The number of ether oxygens (including phenoxy) is 1. The number of H-pyrrole nitrogens is 1. The first-order valence-electron chi connectivity index (χ1n) is 5.38. The van der Waals surface area contributed by atoms with Crippen molar-refractivity contribution in [1.29, 1.82) is 0 Å². The van der Waals surface area contributed by atoms with E-state index in [9.17, 15) is 18.4 Å². The SMILES string of the molecule is CCOC(=O)Cc1cc(C(F)F)c(CN)c(=O)[nH]1. The van der Waals surface area contributed by atoms with Crippen molar-refractivity contribution in [3.05, 3.63) is 33.2 Å². The maximum atomic E-state index is 12.7. The third kappa shape index (κ3) is 3.36. The normalized spacial score (nSPS) is 10.7. The summed E-state index contributed by atoms with van der Waals surface area (Å²) in [5.41, 5.74) is 4.02. The quantitative estimate of drug-likeness (QED) is 0.769. The highest BCUT2D eigenvalue weighted by molar-refractivity contribution is 5.72. The molecule has 0 saturated heterocycles. The molecule has 0 aliphatic carbocycles. The molecule has 0 aliphatic heterocycles. The third-order valence-electron chi connectivity index (χ3n) is 2.31. The molecule has 0 unspecified atom stereocenters. The number of carbonyl (C=O) groups is 1. The van der Waals surface area contributed by atoms with Gasteiger partial charge in [-0.1, -0.05) is 0 Å². The summed E-state index contributed by atoms with van der Waals surface area (Å²) < 4.78 is 30.1. The predicted molar refractivity (Wildman–Crippen MR) is 60.2 cm³/mol. The number of halogens is 2. The second kappa shape index (κ2) is 6.25. The molecule has 0 radical (unpaired) electrons. The lowest BCUT2D eigenvalue weighted by atomic mass is 10.1. The summed E-state index contributed by atoms with van der Waals surface area (Å²) in [5, 5.41) is 0. The van der Waals surface area contributed by atoms with Gasteiger partial charge in [0, 0.05) is 23.4 Å². The Morgan fingerprint density at radius 2 is 2.22 bits per heavy atom. The Balaban J connectivity index is 3.09. The molecule has 5 nitrogen and oxygen atoms in total. The van der Waals surface area contributed by atoms with Gasteiger partial charge in [0.1, 0.15) is 0 Å². The number of aromatic amines is 1. The van der Waals surface area contributed by atoms with Gasteiger partial charge in [0.15, 0.2) is 0 Å². The zero-order valence-electron chi connectivity index (χ0n) is 9.83. The summed E-state index contributed by atoms with van der Waals surface area (Å²) in [5.74, 6) is -0.589. The summed E-state index contributed by atoms with van der Waals surface area (Å²) in [6, 6.07) is 1.07. The first-order valence-corrected chi connectivity index (χ1v) is 5.38. The van der Waals surface area contributed by atoms with Crippen molar-refractivity contribution in [2.24, 2.45) is 5.73 Å². The lowest BCUT2D eigenvalue weighted by Gasteiger charge is -2.09. The summed E-state index contributed by atoms with van der Waals surface area (Å²) in [4.78, 5) is 25.1. The van der Waals surface area contributed by atoms with E-state index in [2.05, 4.69) is 9.72 Å². The van der Waals surface area contributed by atoms with Crippen LogP contribution in [0.25, 0.3) is 0 Å². The van der Waals surface area contributed by atoms with E-state index in [1.54, 1.807) is 6.92 Å². The first-order chi connectivity index (χ1) is 8.49. The number of alkyl halides is 2. The monoisotopic (exact) mass is 260 g/mol. The molecule has 1 rings (SSSR count). The number of nitrogens with one attached hydrogen (secondary N) is 1. The number of hydrogen-bond donors (Lipinski definition) is 2. The predicted octanol–water partition coefficient (Wildman–Crippen LogP) is 0.877. The Morgan fingerprint density at radius 3 is 2.72 bits per heavy atom. The fourth-order valence-electron chi connectivity index (χ4n) is 1.53. The van der Waals surface area contributed by atoms with E-state index in [4.69, 9.17) is 5.73 Å². The topological polar surface area (TPSA) is 85.2 Å². The van der Waals surface area contributed by atoms with Crippen molar-refractivity contribution in [3.63, 3.8) is 0 Å². The van der Waals surface area contributed by atoms with E-state index < -0.39 is 23.5 Å². The van der Waals surface area contributed by atoms with Gasteiger partial charge in [0.05, 0.1) is 13.0 Å². The van der Waals surface area contributed by atoms with E-state index >= 15 is 0 Å². The van der Waals surface area contributed by atoms with Gasteiger partial charge in [-0.3, -0.25) is 9.59 Å². The van der Waals surface area contributed by atoms with Gasteiger partial charge in [0.2, 0.25) is 0 Å². The van der Waals surface area contributed by atoms with Crippen LogP contribution < -0.4 is 11.3 Å². The van der Waals surface area contributed by atoms with Gasteiger partial charge < -0.3 is 15.5 Å². The minimum absolute atomic E-state index is 0.0888. The molecule has 0 saturated carbocycles. The summed E-state index contributed by atoms with van der Waals surface area (Å²) in [7, 11) is 0. The molecule has 0 aromatic carbocycles. The number of rotatable bonds is 5. The first kappa shape index (κ1) is 14.3. The van der Waals surface area contributed by atoms with Gasteiger partial charge in [-0.15, -0.1) is 0 Å². The minimum atomic E-state index is -2.81. The lowest BCUT2D eigenvalue weighted by molar-refractivity contribution is -0.142. The van der Waals surface area contributed by atoms with Crippen molar-refractivity contribution >= 4 is 5.97 Å². The van der Waals surface area contributed by atoms with E-state index in [1.165, 1.54) is 0 Å².